The van der Waals surface area contributed by atoms with Crippen LogP contribution in [0.25, 0.3) is 5.57 Å². The molecule has 0 aromatic heterocycles. The summed E-state index contributed by atoms with van der Waals surface area (Å²) in [6.45, 7) is 0. The number of nitro groups is 3. The van der Waals surface area contributed by atoms with Crippen LogP contribution in [0.1, 0.15) is 5.56 Å². The van der Waals surface area contributed by atoms with Gasteiger partial charge in [-0.3, -0.25) is 35.1 Å². The molecule has 116 valence electrons. The van der Waals surface area contributed by atoms with Crippen molar-refractivity contribution in [2.45, 2.75) is 0 Å². The number of carbonyl (C=O) groups excluding carboxylic acids is 1. The van der Waals surface area contributed by atoms with Crippen LogP contribution in [-0.2, 0) is 4.79 Å². The molecule has 0 heterocycles. The molecule has 0 spiro atoms. The fraction of sp³-hybridized carbons (Fsp3) is 0.182. The lowest BCUT2D eigenvalue weighted by Gasteiger charge is -2.08. The number of rotatable bonds is 6. The molecule has 11 heteroatoms. The maximum absolute atomic E-state index is 11.1. The largest absolute Gasteiger partial charge is 0.383 e. The number of aldehydes is 1. The molecule has 0 radical (unpaired) electrons. The van der Waals surface area contributed by atoms with Crippen molar-refractivity contribution < 1.29 is 19.6 Å². The zero-order valence-corrected chi connectivity index (χ0v) is 11.5. The van der Waals surface area contributed by atoms with E-state index in [9.17, 15) is 35.1 Å². The van der Waals surface area contributed by atoms with Gasteiger partial charge in [-0.2, -0.15) is 0 Å². The van der Waals surface area contributed by atoms with Crippen molar-refractivity contribution in [1.82, 2.24) is 4.90 Å². The van der Waals surface area contributed by atoms with Gasteiger partial charge in [-0.1, -0.05) is 0 Å². The average molecular weight is 310 g/mol. The number of hydrogen-bond acceptors (Lipinski definition) is 8. The summed E-state index contributed by atoms with van der Waals surface area (Å²) >= 11 is 0. The number of nitro benzene ring substituents is 3. The molecule has 0 bridgehead atoms. The Kier molecular flexibility index (Phi) is 4.84. The Balaban J connectivity index is 3.87. The van der Waals surface area contributed by atoms with Crippen molar-refractivity contribution >= 4 is 28.9 Å². The second-order valence-corrected chi connectivity index (χ2v) is 4.30. The van der Waals surface area contributed by atoms with Gasteiger partial charge in [0.05, 0.1) is 32.5 Å². The summed E-state index contributed by atoms with van der Waals surface area (Å²) in [5.41, 5.74) is -3.50. The van der Waals surface area contributed by atoms with Gasteiger partial charge in [0.1, 0.15) is 5.56 Å². The van der Waals surface area contributed by atoms with E-state index < -0.39 is 37.4 Å². The number of nitrogens with zero attached hydrogens (tertiary/aromatic N) is 4. The monoisotopic (exact) mass is 310 g/mol. The van der Waals surface area contributed by atoms with E-state index in [0.717, 1.165) is 6.20 Å². The lowest BCUT2D eigenvalue weighted by atomic mass is 10.0. The Morgan fingerprint density at radius 2 is 1.45 bits per heavy atom. The van der Waals surface area contributed by atoms with Gasteiger partial charge in [0.15, 0.2) is 6.29 Å². The van der Waals surface area contributed by atoms with Crippen LogP contribution in [0.5, 0.6) is 0 Å². The van der Waals surface area contributed by atoms with Crippen LogP contribution in [0.15, 0.2) is 18.3 Å². The fourth-order valence-corrected chi connectivity index (χ4v) is 1.72. The van der Waals surface area contributed by atoms with Gasteiger partial charge in [-0.25, -0.2) is 0 Å². The Morgan fingerprint density at radius 1 is 1.00 bits per heavy atom. The molecule has 1 aromatic rings. The third-order valence-corrected chi connectivity index (χ3v) is 2.50. The molecular weight excluding hydrogens is 300 g/mol. The zero-order chi connectivity index (χ0) is 17.0. The van der Waals surface area contributed by atoms with Crippen LogP contribution in [0.4, 0.5) is 17.1 Å². The third kappa shape index (κ3) is 3.39. The maximum atomic E-state index is 11.1. The summed E-state index contributed by atoms with van der Waals surface area (Å²) in [6, 6.07) is 1.16. The molecule has 11 nitrogen and oxygen atoms in total. The van der Waals surface area contributed by atoms with Crippen LogP contribution >= 0.6 is 0 Å². The number of allylic oxidation sites excluding steroid dienone is 1. The number of carbonyl (C=O) groups is 1. The number of hydrogen-bond donors (Lipinski definition) is 0. The van der Waals surface area contributed by atoms with E-state index in [0.29, 0.717) is 12.1 Å². The molecule has 22 heavy (non-hydrogen) atoms. The fourth-order valence-electron chi connectivity index (χ4n) is 1.72. The summed E-state index contributed by atoms with van der Waals surface area (Å²) in [6.07, 6.45) is 1.36. The van der Waals surface area contributed by atoms with Gasteiger partial charge in [0.2, 0.25) is 0 Å². The molecular formula is C11H10N4O7. The maximum Gasteiger partial charge on any atom is 0.291 e. The topological polar surface area (TPSA) is 150 Å². The quantitative estimate of drug-likeness (QED) is 0.332. The molecule has 0 unspecified atom stereocenters. The highest BCUT2D eigenvalue weighted by molar-refractivity contribution is 6.10. The van der Waals surface area contributed by atoms with Crippen molar-refractivity contribution in [1.29, 1.82) is 0 Å². The standard InChI is InChI=1S/C11H10N4O7/c1-12(2)5-7(6-16)11-9(14(19)20)3-8(13(17)18)4-10(11)15(21)22/h3-6H,1-2H3/b7-5-. The molecule has 0 aliphatic carbocycles. The lowest BCUT2D eigenvalue weighted by Crippen LogP contribution is -2.07. The smallest absolute Gasteiger partial charge is 0.291 e. The molecule has 0 saturated carbocycles. The molecule has 0 aliphatic rings. The van der Waals surface area contributed by atoms with Crippen LogP contribution in [0.2, 0.25) is 0 Å². The Labute approximate surface area is 122 Å². The van der Waals surface area contributed by atoms with E-state index in [1.54, 1.807) is 0 Å². The average Bonchev–Trinajstić information content (AvgIpc) is 2.42. The molecule has 0 N–H and O–H groups in total. The van der Waals surface area contributed by atoms with E-state index >= 15 is 0 Å². The summed E-state index contributed by atoms with van der Waals surface area (Å²) < 4.78 is 0. The highest BCUT2D eigenvalue weighted by atomic mass is 16.6. The highest BCUT2D eigenvalue weighted by Gasteiger charge is 2.32. The number of non-ortho nitro benzene ring substituents is 1. The van der Waals surface area contributed by atoms with Gasteiger partial charge in [0.25, 0.3) is 17.1 Å². The summed E-state index contributed by atoms with van der Waals surface area (Å²) in [5, 5.41) is 32.9. The van der Waals surface area contributed by atoms with E-state index in [-0.39, 0.29) is 11.9 Å². The summed E-state index contributed by atoms with van der Waals surface area (Å²) in [5.74, 6) is 0. The van der Waals surface area contributed by atoms with E-state index in [1.165, 1.54) is 19.0 Å². The first-order valence-corrected chi connectivity index (χ1v) is 5.64. The van der Waals surface area contributed by atoms with Gasteiger partial charge in [0, 0.05) is 20.3 Å². The normalized spacial score (nSPS) is 10.9. The predicted octanol–water partition coefficient (Wildman–Crippen LogP) is 1.51. The molecule has 1 rings (SSSR count). The first kappa shape index (κ1) is 16.7. The van der Waals surface area contributed by atoms with Crippen molar-refractivity contribution in [2.75, 3.05) is 14.1 Å². The van der Waals surface area contributed by atoms with E-state index in [2.05, 4.69) is 0 Å². The second kappa shape index (κ2) is 6.39. The third-order valence-electron chi connectivity index (χ3n) is 2.50. The SMILES string of the molecule is CN(C)/C=C(/C=O)c1c([N+](=O)[O-])cc([N+](=O)[O-])cc1[N+](=O)[O-]. The van der Waals surface area contributed by atoms with Gasteiger partial charge >= 0.3 is 0 Å². The first-order chi connectivity index (χ1) is 10.2. The van der Waals surface area contributed by atoms with Gasteiger partial charge < -0.3 is 4.90 Å². The van der Waals surface area contributed by atoms with Crippen LogP contribution in [0.3, 0.4) is 0 Å². The highest BCUT2D eigenvalue weighted by Crippen LogP contribution is 2.37. The molecule has 1 aromatic carbocycles. The van der Waals surface area contributed by atoms with Crippen molar-refractivity contribution in [2.24, 2.45) is 0 Å². The minimum Gasteiger partial charge on any atom is -0.383 e. The molecule has 0 fully saturated rings. The van der Waals surface area contributed by atoms with E-state index in [1.807, 2.05) is 0 Å². The van der Waals surface area contributed by atoms with Crippen LogP contribution in [-0.4, -0.2) is 40.1 Å². The predicted molar refractivity (Wildman–Crippen MR) is 74.1 cm³/mol. The summed E-state index contributed by atoms with van der Waals surface area (Å²) in [4.78, 5) is 42.4. The Morgan fingerprint density at radius 3 is 1.73 bits per heavy atom. The summed E-state index contributed by atoms with van der Waals surface area (Å²) in [7, 11) is 3.01. The van der Waals surface area contributed by atoms with Crippen molar-refractivity contribution in [3.63, 3.8) is 0 Å². The molecule has 0 atom stereocenters. The van der Waals surface area contributed by atoms with Crippen LogP contribution in [0, 0.1) is 30.3 Å². The minimum atomic E-state index is -1.01. The minimum absolute atomic E-state index is 0.209. The zero-order valence-electron chi connectivity index (χ0n) is 11.5. The first-order valence-electron chi connectivity index (χ1n) is 5.64. The number of benzene rings is 1. The Hall–Kier alpha value is -3.37. The molecule has 0 amide bonds. The molecule has 0 saturated heterocycles. The van der Waals surface area contributed by atoms with E-state index in [4.69, 9.17) is 0 Å². The lowest BCUT2D eigenvalue weighted by molar-refractivity contribution is -0.403. The van der Waals surface area contributed by atoms with Crippen molar-refractivity contribution in [3.05, 3.63) is 54.2 Å². The van der Waals surface area contributed by atoms with Gasteiger partial charge in [-0.05, 0) is 0 Å². The Bertz CT molecular complexity index is 661. The second-order valence-electron chi connectivity index (χ2n) is 4.30. The van der Waals surface area contributed by atoms with Crippen LogP contribution < -0.4 is 0 Å². The van der Waals surface area contributed by atoms with Crippen molar-refractivity contribution in [3.8, 4) is 0 Å². The molecule has 0 aliphatic heterocycles. The van der Waals surface area contributed by atoms with Gasteiger partial charge in [-0.15, -0.1) is 0 Å².